The highest BCUT2D eigenvalue weighted by Gasteiger charge is 2.29. The van der Waals surface area contributed by atoms with E-state index in [0.717, 1.165) is 25.7 Å². The van der Waals surface area contributed by atoms with Crippen LogP contribution in [0.4, 0.5) is 4.39 Å². The van der Waals surface area contributed by atoms with Crippen molar-refractivity contribution in [2.75, 3.05) is 13.1 Å². The Kier molecular flexibility index (Phi) is 6.80. The molecule has 2 atom stereocenters. The van der Waals surface area contributed by atoms with Crippen molar-refractivity contribution in [3.05, 3.63) is 71.5 Å². The van der Waals surface area contributed by atoms with E-state index < -0.39 is 0 Å². The van der Waals surface area contributed by atoms with Gasteiger partial charge in [-0.3, -0.25) is 9.59 Å². The van der Waals surface area contributed by atoms with E-state index in [1.165, 1.54) is 29.8 Å². The summed E-state index contributed by atoms with van der Waals surface area (Å²) in [6.07, 6.45) is 3.37. The van der Waals surface area contributed by atoms with Gasteiger partial charge in [-0.1, -0.05) is 30.3 Å². The van der Waals surface area contributed by atoms with Crippen molar-refractivity contribution in [1.29, 1.82) is 0 Å². The first-order valence-corrected chi connectivity index (χ1v) is 9.92. The van der Waals surface area contributed by atoms with Crippen molar-refractivity contribution in [3.63, 3.8) is 0 Å². The Labute approximate surface area is 165 Å². The minimum absolute atomic E-state index is 0.0113. The van der Waals surface area contributed by atoms with Crippen LogP contribution < -0.4 is 5.32 Å². The number of likely N-dealkylation sites (tertiary alicyclic amines) is 1. The standard InChI is InChI=1S/C23H27FN2O2/c1-17(9-10-18-6-3-2-4-7-18)25-22(27)20-8-5-15-26(16-20)23(28)19-11-13-21(24)14-12-19/h2-4,6-7,11-14,17,20H,5,8-10,15-16H2,1H3,(H,25,27)/t17-,20-/m0/s1. The first-order valence-electron chi connectivity index (χ1n) is 9.92. The third kappa shape index (κ3) is 5.41. The number of benzene rings is 2. The van der Waals surface area contributed by atoms with Gasteiger partial charge in [0.15, 0.2) is 0 Å². The van der Waals surface area contributed by atoms with Crippen LogP contribution in [0.5, 0.6) is 0 Å². The van der Waals surface area contributed by atoms with E-state index in [2.05, 4.69) is 17.4 Å². The van der Waals surface area contributed by atoms with Gasteiger partial charge in [-0.25, -0.2) is 4.39 Å². The fourth-order valence-electron chi connectivity index (χ4n) is 3.61. The van der Waals surface area contributed by atoms with Crippen LogP contribution in [-0.2, 0) is 11.2 Å². The molecule has 4 nitrogen and oxygen atoms in total. The smallest absolute Gasteiger partial charge is 0.253 e. The molecular formula is C23H27FN2O2. The van der Waals surface area contributed by atoms with Gasteiger partial charge >= 0.3 is 0 Å². The van der Waals surface area contributed by atoms with E-state index in [-0.39, 0.29) is 29.6 Å². The zero-order valence-electron chi connectivity index (χ0n) is 16.2. The normalized spacial score (nSPS) is 17.8. The third-order valence-corrected chi connectivity index (χ3v) is 5.27. The molecule has 0 aliphatic carbocycles. The number of carbonyl (C=O) groups excluding carboxylic acids is 2. The molecule has 0 radical (unpaired) electrons. The molecule has 0 unspecified atom stereocenters. The highest BCUT2D eigenvalue weighted by Crippen LogP contribution is 2.19. The average molecular weight is 382 g/mol. The molecule has 1 heterocycles. The van der Waals surface area contributed by atoms with E-state index in [9.17, 15) is 14.0 Å². The van der Waals surface area contributed by atoms with Gasteiger partial charge < -0.3 is 10.2 Å². The largest absolute Gasteiger partial charge is 0.353 e. The first kappa shape index (κ1) is 20.1. The average Bonchev–Trinajstić information content (AvgIpc) is 2.73. The molecule has 0 saturated carbocycles. The van der Waals surface area contributed by atoms with E-state index in [1.807, 2.05) is 25.1 Å². The Morgan fingerprint density at radius 1 is 1.14 bits per heavy atom. The number of amides is 2. The number of hydrogen-bond acceptors (Lipinski definition) is 2. The van der Waals surface area contributed by atoms with Gasteiger partial charge in [-0.2, -0.15) is 0 Å². The Hall–Kier alpha value is -2.69. The summed E-state index contributed by atoms with van der Waals surface area (Å²) in [7, 11) is 0. The maximum absolute atomic E-state index is 13.1. The molecule has 28 heavy (non-hydrogen) atoms. The van der Waals surface area contributed by atoms with Crippen LogP contribution in [0.3, 0.4) is 0 Å². The Morgan fingerprint density at radius 2 is 1.86 bits per heavy atom. The van der Waals surface area contributed by atoms with E-state index >= 15 is 0 Å². The quantitative estimate of drug-likeness (QED) is 0.826. The molecule has 2 aromatic carbocycles. The third-order valence-electron chi connectivity index (χ3n) is 5.27. The molecule has 1 saturated heterocycles. The summed E-state index contributed by atoms with van der Waals surface area (Å²) >= 11 is 0. The summed E-state index contributed by atoms with van der Waals surface area (Å²) in [6, 6.07) is 15.9. The molecule has 2 aromatic rings. The topological polar surface area (TPSA) is 49.4 Å². The van der Waals surface area contributed by atoms with Gasteiger partial charge in [0.25, 0.3) is 5.91 Å². The van der Waals surface area contributed by atoms with Crippen LogP contribution in [0.15, 0.2) is 54.6 Å². The van der Waals surface area contributed by atoms with Gasteiger partial charge in [0.1, 0.15) is 5.82 Å². The number of nitrogens with zero attached hydrogens (tertiary/aromatic N) is 1. The van der Waals surface area contributed by atoms with Crippen molar-refractivity contribution in [3.8, 4) is 0 Å². The van der Waals surface area contributed by atoms with Crippen molar-refractivity contribution < 1.29 is 14.0 Å². The molecule has 0 bridgehead atoms. The molecule has 3 rings (SSSR count). The number of nitrogens with one attached hydrogen (secondary N) is 1. The molecule has 0 spiro atoms. The summed E-state index contributed by atoms with van der Waals surface area (Å²) in [6.45, 7) is 3.06. The number of carbonyl (C=O) groups is 2. The molecular weight excluding hydrogens is 355 g/mol. The Morgan fingerprint density at radius 3 is 2.57 bits per heavy atom. The lowest BCUT2D eigenvalue weighted by molar-refractivity contribution is -0.127. The molecule has 1 N–H and O–H groups in total. The van der Waals surface area contributed by atoms with E-state index in [4.69, 9.17) is 0 Å². The molecule has 148 valence electrons. The van der Waals surface area contributed by atoms with Gasteiger partial charge in [0.05, 0.1) is 5.92 Å². The monoisotopic (exact) mass is 382 g/mol. The first-order chi connectivity index (χ1) is 13.5. The lowest BCUT2D eigenvalue weighted by Gasteiger charge is -2.32. The number of aryl methyl sites for hydroxylation is 1. The second kappa shape index (κ2) is 9.49. The second-order valence-corrected chi connectivity index (χ2v) is 7.53. The summed E-state index contributed by atoms with van der Waals surface area (Å²) in [4.78, 5) is 27.0. The number of rotatable bonds is 6. The summed E-state index contributed by atoms with van der Waals surface area (Å²) < 4.78 is 13.1. The van der Waals surface area contributed by atoms with E-state index in [0.29, 0.717) is 18.7 Å². The van der Waals surface area contributed by atoms with Crippen molar-refractivity contribution in [2.45, 2.75) is 38.6 Å². The lowest BCUT2D eigenvalue weighted by atomic mass is 9.95. The fraction of sp³-hybridized carbons (Fsp3) is 0.391. The number of hydrogen-bond donors (Lipinski definition) is 1. The van der Waals surface area contributed by atoms with Gasteiger partial charge in [-0.05, 0) is 62.4 Å². The van der Waals surface area contributed by atoms with Crippen LogP contribution >= 0.6 is 0 Å². The van der Waals surface area contributed by atoms with Crippen LogP contribution in [0.25, 0.3) is 0 Å². The van der Waals surface area contributed by atoms with Crippen molar-refractivity contribution in [1.82, 2.24) is 10.2 Å². The molecule has 1 aliphatic rings. The molecule has 1 aliphatic heterocycles. The molecule has 2 amide bonds. The summed E-state index contributed by atoms with van der Waals surface area (Å²) in [5, 5.41) is 3.10. The zero-order valence-corrected chi connectivity index (χ0v) is 16.2. The van der Waals surface area contributed by atoms with Crippen molar-refractivity contribution >= 4 is 11.8 Å². The fourth-order valence-corrected chi connectivity index (χ4v) is 3.61. The second-order valence-electron chi connectivity index (χ2n) is 7.53. The maximum atomic E-state index is 13.1. The van der Waals surface area contributed by atoms with Crippen LogP contribution in [-0.4, -0.2) is 35.8 Å². The Balaban J connectivity index is 1.50. The van der Waals surface area contributed by atoms with Crippen LogP contribution in [0.2, 0.25) is 0 Å². The van der Waals surface area contributed by atoms with Crippen molar-refractivity contribution in [2.24, 2.45) is 5.92 Å². The maximum Gasteiger partial charge on any atom is 0.253 e. The Bertz CT molecular complexity index is 792. The van der Waals surface area contributed by atoms with Gasteiger partial charge in [-0.15, -0.1) is 0 Å². The van der Waals surface area contributed by atoms with Gasteiger partial charge in [0.2, 0.25) is 5.91 Å². The molecule has 5 heteroatoms. The minimum atomic E-state index is -0.364. The van der Waals surface area contributed by atoms with Crippen LogP contribution in [0, 0.1) is 11.7 Å². The summed E-state index contributed by atoms with van der Waals surface area (Å²) in [5.74, 6) is -0.693. The summed E-state index contributed by atoms with van der Waals surface area (Å²) in [5.41, 5.74) is 1.72. The number of piperidine rings is 1. The molecule has 0 aromatic heterocycles. The SMILES string of the molecule is C[C@@H](CCc1ccccc1)NC(=O)[C@H]1CCCN(C(=O)c2ccc(F)cc2)C1. The minimum Gasteiger partial charge on any atom is -0.353 e. The molecule has 1 fully saturated rings. The highest BCUT2D eigenvalue weighted by molar-refractivity contribution is 5.94. The zero-order chi connectivity index (χ0) is 19.9. The van der Waals surface area contributed by atoms with Crippen LogP contribution in [0.1, 0.15) is 42.1 Å². The highest BCUT2D eigenvalue weighted by atomic mass is 19.1. The number of halogens is 1. The van der Waals surface area contributed by atoms with E-state index in [1.54, 1.807) is 4.90 Å². The predicted molar refractivity (Wildman–Crippen MR) is 107 cm³/mol. The predicted octanol–water partition coefficient (Wildman–Crippen LogP) is 3.82. The van der Waals surface area contributed by atoms with Gasteiger partial charge in [0, 0.05) is 24.7 Å². The lowest BCUT2D eigenvalue weighted by Crippen LogP contribution is -2.47.